The first-order chi connectivity index (χ1) is 18.4. The minimum Gasteiger partial charge on any atom is -0.493 e. The third-order valence-electron chi connectivity index (χ3n) is 7.46. The van der Waals surface area contributed by atoms with Crippen molar-refractivity contribution in [1.29, 1.82) is 0 Å². The Hall–Kier alpha value is -2.06. The zero-order chi connectivity index (χ0) is 28.0. The Kier molecular flexibility index (Phi) is 18.9. The van der Waals surface area contributed by atoms with Crippen LogP contribution in [0.1, 0.15) is 57.6 Å². The second-order valence-corrected chi connectivity index (χ2v) is 10.0. The molecule has 0 aliphatic rings. The molecule has 1 unspecified atom stereocenters. The molecule has 2 aromatic rings. The van der Waals surface area contributed by atoms with Crippen molar-refractivity contribution >= 4 is 24.8 Å². The molecule has 230 valence electrons. The normalized spacial score (nSPS) is 12.1. The van der Waals surface area contributed by atoms with Gasteiger partial charge in [0, 0.05) is 12.0 Å². The highest BCUT2D eigenvalue weighted by atomic mass is 35.5. The van der Waals surface area contributed by atoms with Gasteiger partial charge < -0.3 is 34.3 Å². The van der Waals surface area contributed by atoms with Gasteiger partial charge in [-0.2, -0.15) is 0 Å². The van der Waals surface area contributed by atoms with Gasteiger partial charge in [0.15, 0.2) is 23.0 Å². The fraction of sp³-hybridized carbons (Fsp3) is 0.613. The molecule has 2 rings (SSSR count). The summed E-state index contributed by atoms with van der Waals surface area (Å²) in [7, 11) is 8.35. The second-order valence-electron chi connectivity index (χ2n) is 10.0. The Balaban J connectivity index is 0.00000760. The zero-order valence-corrected chi connectivity index (χ0v) is 27.3. The summed E-state index contributed by atoms with van der Waals surface area (Å²) in [4.78, 5) is 0. The van der Waals surface area contributed by atoms with Crippen molar-refractivity contribution in [2.24, 2.45) is 5.92 Å². The van der Waals surface area contributed by atoms with E-state index in [-0.39, 0.29) is 30.2 Å². The predicted molar refractivity (Wildman–Crippen MR) is 170 cm³/mol. The van der Waals surface area contributed by atoms with E-state index in [9.17, 15) is 0 Å². The molecule has 0 bridgehead atoms. The van der Waals surface area contributed by atoms with E-state index in [0.29, 0.717) is 23.2 Å². The number of benzene rings is 2. The maximum Gasteiger partial charge on any atom is 0.203 e. The van der Waals surface area contributed by atoms with Crippen LogP contribution in [0.4, 0.5) is 0 Å². The zero-order valence-electron chi connectivity index (χ0n) is 25.7. The van der Waals surface area contributed by atoms with Crippen LogP contribution in [0, 0.1) is 5.92 Å². The first kappa shape index (κ1) is 37.9. The number of halogens is 2. The van der Waals surface area contributed by atoms with E-state index in [4.69, 9.17) is 23.7 Å². The summed E-state index contributed by atoms with van der Waals surface area (Å²) in [6, 6.07) is 10.4. The number of ether oxygens (including phenoxy) is 5. The molecule has 9 heteroatoms. The largest absolute Gasteiger partial charge is 0.493 e. The lowest BCUT2D eigenvalue weighted by atomic mass is 9.68. The highest BCUT2D eigenvalue weighted by Gasteiger charge is 2.36. The van der Waals surface area contributed by atoms with Gasteiger partial charge in [-0.1, -0.05) is 26.8 Å². The third-order valence-corrected chi connectivity index (χ3v) is 7.46. The Morgan fingerprint density at radius 3 is 1.82 bits per heavy atom. The molecule has 40 heavy (non-hydrogen) atoms. The molecule has 0 radical (unpaired) electrons. The molecule has 0 aliphatic heterocycles. The van der Waals surface area contributed by atoms with E-state index in [1.165, 1.54) is 11.1 Å². The number of rotatable bonds is 19. The highest BCUT2D eigenvalue weighted by Crippen LogP contribution is 2.45. The van der Waals surface area contributed by atoms with E-state index < -0.39 is 0 Å². The van der Waals surface area contributed by atoms with E-state index in [0.717, 1.165) is 69.8 Å². The second kappa shape index (κ2) is 19.9. The van der Waals surface area contributed by atoms with E-state index in [1.54, 1.807) is 35.5 Å². The lowest BCUT2D eigenvalue weighted by Crippen LogP contribution is -2.43. The first-order valence-corrected chi connectivity index (χ1v) is 13.8. The number of nitrogens with one attached hydrogen (secondary N) is 2. The summed E-state index contributed by atoms with van der Waals surface area (Å²) in [5, 5.41) is 7.36. The van der Waals surface area contributed by atoms with Crippen molar-refractivity contribution in [3.63, 3.8) is 0 Å². The third kappa shape index (κ3) is 10.1. The van der Waals surface area contributed by atoms with Crippen molar-refractivity contribution in [2.75, 3.05) is 61.7 Å². The Morgan fingerprint density at radius 1 is 0.700 bits per heavy atom. The molecule has 0 saturated heterocycles. The SMILES string of the molecule is CCCNCC(CCCNCCCc1ccc(OC)c(OC)c1)(c1cc(OC)c(OC)c(OC)c1)C(C)C.Cl.Cl. The van der Waals surface area contributed by atoms with Crippen LogP contribution in [-0.4, -0.2) is 61.7 Å². The lowest BCUT2D eigenvalue weighted by Gasteiger charge is -2.39. The molecule has 2 aromatic carbocycles. The minimum atomic E-state index is -0.0661. The van der Waals surface area contributed by atoms with Crippen LogP contribution in [-0.2, 0) is 11.8 Å². The maximum absolute atomic E-state index is 5.70. The molecule has 0 saturated carbocycles. The van der Waals surface area contributed by atoms with Crippen molar-refractivity contribution < 1.29 is 23.7 Å². The molecular formula is C31H52Cl2N2O5. The van der Waals surface area contributed by atoms with Crippen LogP contribution < -0.4 is 34.3 Å². The average Bonchev–Trinajstić information content (AvgIpc) is 2.94. The number of hydrogen-bond donors (Lipinski definition) is 2. The summed E-state index contributed by atoms with van der Waals surface area (Å²) in [6.07, 6.45) is 5.28. The Morgan fingerprint density at radius 2 is 1.30 bits per heavy atom. The number of hydrogen-bond acceptors (Lipinski definition) is 7. The fourth-order valence-electron chi connectivity index (χ4n) is 5.13. The van der Waals surface area contributed by atoms with Crippen LogP contribution in [0.2, 0.25) is 0 Å². The summed E-state index contributed by atoms with van der Waals surface area (Å²) in [5.41, 5.74) is 2.41. The molecule has 0 amide bonds. The molecule has 2 N–H and O–H groups in total. The molecular weight excluding hydrogens is 551 g/mol. The van der Waals surface area contributed by atoms with E-state index in [1.807, 2.05) is 6.07 Å². The van der Waals surface area contributed by atoms with Gasteiger partial charge in [-0.15, -0.1) is 24.8 Å². The van der Waals surface area contributed by atoms with Gasteiger partial charge in [-0.05, 0) is 93.0 Å². The summed E-state index contributed by atoms with van der Waals surface area (Å²) in [5.74, 6) is 4.01. The maximum atomic E-state index is 5.70. The van der Waals surface area contributed by atoms with Crippen molar-refractivity contribution in [1.82, 2.24) is 10.6 Å². The van der Waals surface area contributed by atoms with Crippen LogP contribution >= 0.6 is 24.8 Å². The molecule has 7 nitrogen and oxygen atoms in total. The standard InChI is InChI=1S/C31H50N2O5.2ClH/c1-9-16-33-22-31(23(2)3,25-20-28(36-6)30(38-8)29(21-25)37-7)15-11-18-32-17-10-12-24-13-14-26(34-4)27(19-24)35-5;;/h13-14,19-21,23,32-33H,9-12,15-18,22H2,1-8H3;2*1H. The van der Waals surface area contributed by atoms with Crippen molar-refractivity contribution in [3.8, 4) is 28.7 Å². The van der Waals surface area contributed by atoms with Crippen LogP contribution in [0.25, 0.3) is 0 Å². The Labute approximate surface area is 254 Å². The smallest absolute Gasteiger partial charge is 0.203 e. The number of methoxy groups -OCH3 is 5. The number of aryl methyl sites for hydroxylation is 1. The molecule has 0 heterocycles. The molecule has 0 aliphatic carbocycles. The van der Waals surface area contributed by atoms with Crippen molar-refractivity contribution in [2.45, 2.75) is 58.3 Å². The first-order valence-electron chi connectivity index (χ1n) is 13.8. The van der Waals surface area contributed by atoms with Gasteiger partial charge in [-0.3, -0.25) is 0 Å². The topological polar surface area (TPSA) is 70.2 Å². The molecule has 0 aromatic heterocycles. The van der Waals surface area contributed by atoms with Gasteiger partial charge in [0.25, 0.3) is 0 Å². The average molecular weight is 604 g/mol. The minimum absolute atomic E-state index is 0. The molecule has 0 fully saturated rings. The van der Waals surface area contributed by atoms with Gasteiger partial charge in [0.2, 0.25) is 5.75 Å². The van der Waals surface area contributed by atoms with E-state index in [2.05, 4.69) is 55.7 Å². The summed E-state index contributed by atoms with van der Waals surface area (Å²) >= 11 is 0. The van der Waals surface area contributed by atoms with Gasteiger partial charge >= 0.3 is 0 Å². The van der Waals surface area contributed by atoms with Gasteiger partial charge in [0.1, 0.15) is 0 Å². The summed E-state index contributed by atoms with van der Waals surface area (Å²) in [6.45, 7) is 10.7. The van der Waals surface area contributed by atoms with E-state index >= 15 is 0 Å². The quantitative estimate of drug-likeness (QED) is 0.179. The summed E-state index contributed by atoms with van der Waals surface area (Å²) < 4.78 is 27.8. The Bertz CT molecular complexity index is 952. The predicted octanol–water partition coefficient (Wildman–Crippen LogP) is 6.47. The highest BCUT2D eigenvalue weighted by molar-refractivity contribution is 5.85. The molecule has 1 atom stereocenters. The van der Waals surface area contributed by atoms with Crippen LogP contribution in [0.5, 0.6) is 28.7 Å². The molecule has 0 spiro atoms. The lowest BCUT2D eigenvalue weighted by molar-refractivity contribution is 0.259. The van der Waals surface area contributed by atoms with Crippen LogP contribution in [0.3, 0.4) is 0 Å². The van der Waals surface area contributed by atoms with Gasteiger partial charge in [-0.25, -0.2) is 0 Å². The fourth-order valence-corrected chi connectivity index (χ4v) is 5.13. The van der Waals surface area contributed by atoms with Crippen molar-refractivity contribution in [3.05, 3.63) is 41.5 Å². The van der Waals surface area contributed by atoms with Crippen LogP contribution in [0.15, 0.2) is 30.3 Å². The van der Waals surface area contributed by atoms with Gasteiger partial charge in [0.05, 0.1) is 35.5 Å². The monoisotopic (exact) mass is 602 g/mol.